The molecule has 0 spiro atoms. The molecule has 2 N–H and O–H groups in total. The maximum atomic E-state index is 4.69. The molecule has 0 bridgehead atoms. The molecule has 0 aliphatic heterocycles. The van der Waals surface area contributed by atoms with Crippen molar-refractivity contribution in [2.24, 2.45) is 4.99 Å². The van der Waals surface area contributed by atoms with Crippen LogP contribution in [0.5, 0.6) is 0 Å². The van der Waals surface area contributed by atoms with E-state index < -0.39 is 0 Å². The number of nitrogens with zero attached hydrogens (tertiary/aromatic N) is 1. The number of hydrogen-bond acceptors (Lipinski definition) is 3. The summed E-state index contributed by atoms with van der Waals surface area (Å²) in [6, 6.07) is 16.8. The number of nitrogens with one attached hydrogen (secondary N) is 2. The van der Waals surface area contributed by atoms with E-state index in [9.17, 15) is 0 Å². The Morgan fingerprint density at radius 3 is 2.59 bits per heavy atom. The highest BCUT2D eigenvalue weighted by Gasteiger charge is 1.99. The van der Waals surface area contributed by atoms with E-state index in [0.29, 0.717) is 0 Å². The van der Waals surface area contributed by atoms with Crippen LogP contribution in [0.15, 0.2) is 53.5 Å². The van der Waals surface area contributed by atoms with Crippen molar-refractivity contribution in [2.45, 2.75) is 26.8 Å². The monoisotopic (exact) mass is 295 g/mol. The summed E-state index contributed by atoms with van der Waals surface area (Å²) in [5.74, 6) is 0. The highest BCUT2D eigenvalue weighted by Crippen LogP contribution is 2.23. The van der Waals surface area contributed by atoms with Crippen molar-refractivity contribution in [1.82, 2.24) is 5.32 Å². The molecule has 0 heterocycles. The molecule has 0 unspecified atom stereocenters. The maximum Gasteiger partial charge on any atom is 0.0860 e. The van der Waals surface area contributed by atoms with Crippen molar-refractivity contribution < 1.29 is 0 Å². The van der Waals surface area contributed by atoms with Gasteiger partial charge in [0.1, 0.15) is 0 Å². The molecule has 22 heavy (non-hydrogen) atoms. The second-order valence-corrected chi connectivity index (χ2v) is 5.39. The molecule has 2 aromatic carbocycles. The van der Waals surface area contributed by atoms with Crippen LogP contribution in [-0.4, -0.2) is 19.3 Å². The first kappa shape index (κ1) is 16.2. The van der Waals surface area contributed by atoms with Gasteiger partial charge in [-0.2, -0.15) is 0 Å². The topological polar surface area (TPSA) is 36.4 Å². The van der Waals surface area contributed by atoms with Crippen molar-refractivity contribution in [3.63, 3.8) is 0 Å². The molecule has 3 heteroatoms. The van der Waals surface area contributed by atoms with Crippen LogP contribution in [0.4, 0.5) is 11.4 Å². The van der Waals surface area contributed by atoms with Gasteiger partial charge in [0, 0.05) is 25.8 Å². The summed E-state index contributed by atoms with van der Waals surface area (Å²) in [5.41, 5.74) is 5.82. The minimum atomic E-state index is 0.786. The lowest BCUT2D eigenvalue weighted by Crippen LogP contribution is -2.20. The summed E-state index contributed by atoms with van der Waals surface area (Å²) in [6.07, 6.45) is 1.08. The fraction of sp³-hybridized carbons (Fsp3) is 0.316. The lowest BCUT2D eigenvalue weighted by Gasteiger charge is -2.08. The molecule has 3 nitrogen and oxygen atoms in total. The Kier molecular flexibility index (Phi) is 6.16. The Morgan fingerprint density at radius 1 is 1.05 bits per heavy atom. The second kappa shape index (κ2) is 8.35. The number of hydrogen-bond donors (Lipinski definition) is 2. The molecule has 0 amide bonds. The van der Waals surface area contributed by atoms with Crippen LogP contribution in [0.1, 0.15) is 25.0 Å². The molecule has 0 saturated carbocycles. The number of anilines is 1. The van der Waals surface area contributed by atoms with E-state index in [1.54, 1.807) is 0 Å². The summed E-state index contributed by atoms with van der Waals surface area (Å²) in [6.45, 7) is 5.90. The van der Waals surface area contributed by atoms with Gasteiger partial charge in [0.2, 0.25) is 0 Å². The average Bonchev–Trinajstić information content (AvgIpc) is 2.55. The number of rotatable bonds is 7. The maximum absolute atomic E-state index is 4.69. The first-order valence-electron chi connectivity index (χ1n) is 7.82. The molecule has 2 aromatic rings. The van der Waals surface area contributed by atoms with Gasteiger partial charge in [0.25, 0.3) is 0 Å². The average molecular weight is 295 g/mol. The number of benzene rings is 2. The van der Waals surface area contributed by atoms with Gasteiger partial charge < -0.3 is 10.6 Å². The Labute approximate surface area is 133 Å². The molecular weight excluding hydrogens is 270 g/mol. The van der Waals surface area contributed by atoms with Crippen molar-refractivity contribution in [2.75, 3.05) is 18.9 Å². The van der Waals surface area contributed by atoms with Crippen molar-refractivity contribution in [1.29, 1.82) is 0 Å². The van der Waals surface area contributed by atoms with Gasteiger partial charge in [0.05, 0.1) is 11.4 Å². The Bertz CT molecular complexity index is 632. The standard InChI is InChI=1S/C19H25N3/c1-4-16-8-7-9-17(12-16)14-21-13-15(2)22-19-11-6-5-10-18(19)20-3/h5-12,20-21H,4,13-14H2,1-3H3/b22-15+. The van der Waals surface area contributed by atoms with Gasteiger partial charge in [-0.1, -0.05) is 43.3 Å². The molecule has 0 aliphatic rings. The van der Waals surface area contributed by atoms with Gasteiger partial charge in [-0.15, -0.1) is 0 Å². The van der Waals surface area contributed by atoms with Gasteiger partial charge in [-0.05, 0) is 36.6 Å². The molecule has 0 atom stereocenters. The fourth-order valence-electron chi connectivity index (χ4n) is 2.37. The van der Waals surface area contributed by atoms with Gasteiger partial charge >= 0.3 is 0 Å². The summed E-state index contributed by atoms with van der Waals surface area (Å²) in [7, 11) is 1.92. The predicted molar refractivity (Wildman–Crippen MR) is 96.3 cm³/mol. The van der Waals surface area contributed by atoms with E-state index in [1.165, 1.54) is 11.1 Å². The number of para-hydroxylation sites is 2. The first-order valence-corrected chi connectivity index (χ1v) is 7.82. The van der Waals surface area contributed by atoms with Crippen LogP contribution in [0, 0.1) is 0 Å². The highest BCUT2D eigenvalue weighted by molar-refractivity contribution is 5.88. The molecule has 0 radical (unpaired) electrons. The summed E-state index contributed by atoms with van der Waals surface area (Å²) in [5, 5.41) is 6.63. The fourth-order valence-corrected chi connectivity index (χ4v) is 2.37. The van der Waals surface area contributed by atoms with Crippen LogP contribution < -0.4 is 10.6 Å². The van der Waals surface area contributed by atoms with Gasteiger partial charge in [-0.3, -0.25) is 4.99 Å². The zero-order valence-corrected chi connectivity index (χ0v) is 13.7. The molecule has 2 rings (SSSR count). The third-order valence-corrected chi connectivity index (χ3v) is 3.59. The zero-order valence-electron chi connectivity index (χ0n) is 13.7. The summed E-state index contributed by atoms with van der Waals surface area (Å²) < 4.78 is 0. The van der Waals surface area contributed by atoms with Crippen LogP contribution in [0.25, 0.3) is 0 Å². The van der Waals surface area contributed by atoms with Crippen LogP contribution in [0.3, 0.4) is 0 Å². The van der Waals surface area contributed by atoms with Gasteiger partial charge in [0.15, 0.2) is 0 Å². The lowest BCUT2D eigenvalue weighted by molar-refractivity contribution is 0.773. The Balaban J connectivity index is 1.92. The Morgan fingerprint density at radius 2 is 1.82 bits per heavy atom. The third-order valence-electron chi connectivity index (χ3n) is 3.59. The SMILES string of the molecule is CCc1cccc(CNC/C(C)=N/c2ccccc2NC)c1. The second-order valence-electron chi connectivity index (χ2n) is 5.39. The summed E-state index contributed by atoms with van der Waals surface area (Å²) in [4.78, 5) is 4.69. The quantitative estimate of drug-likeness (QED) is 0.752. The van der Waals surface area contributed by atoms with Gasteiger partial charge in [-0.25, -0.2) is 0 Å². The molecule has 0 saturated heterocycles. The number of aryl methyl sites for hydroxylation is 1. The molecule has 116 valence electrons. The van der Waals surface area contributed by atoms with Crippen LogP contribution >= 0.6 is 0 Å². The van der Waals surface area contributed by atoms with E-state index in [-0.39, 0.29) is 0 Å². The van der Waals surface area contributed by atoms with E-state index in [1.807, 2.05) is 31.3 Å². The minimum Gasteiger partial charge on any atom is -0.386 e. The molecule has 0 aromatic heterocycles. The zero-order chi connectivity index (χ0) is 15.8. The van der Waals surface area contributed by atoms with Crippen LogP contribution in [-0.2, 0) is 13.0 Å². The number of aliphatic imine (C=N–C) groups is 1. The van der Waals surface area contributed by atoms with Crippen molar-refractivity contribution in [3.8, 4) is 0 Å². The van der Waals surface area contributed by atoms with E-state index in [4.69, 9.17) is 0 Å². The minimum absolute atomic E-state index is 0.786. The van der Waals surface area contributed by atoms with E-state index in [0.717, 1.165) is 36.6 Å². The molecular formula is C19H25N3. The first-order chi connectivity index (χ1) is 10.7. The lowest BCUT2D eigenvalue weighted by atomic mass is 10.1. The predicted octanol–water partition coefficient (Wildman–Crippen LogP) is 4.17. The molecule has 0 fully saturated rings. The van der Waals surface area contributed by atoms with E-state index in [2.05, 4.69) is 53.7 Å². The molecule has 0 aliphatic carbocycles. The third kappa shape index (κ3) is 4.71. The smallest absolute Gasteiger partial charge is 0.0860 e. The normalized spacial score (nSPS) is 11.5. The summed E-state index contributed by atoms with van der Waals surface area (Å²) >= 11 is 0. The highest BCUT2D eigenvalue weighted by atomic mass is 14.9. The van der Waals surface area contributed by atoms with E-state index >= 15 is 0 Å². The Hall–Kier alpha value is -2.13. The van der Waals surface area contributed by atoms with Crippen molar-refractivity contribution >= 4 is 17.1 Å². The van der Waals surface area contributed by atoms with Crippen LogP contribution in [0.2, 0.25) is 0 Å². The largest absolute Gasteiger partial charge is 0.386 e. The van der Waals surface area contributed by atoms with Crippen molar-refractivity contribution in [3.05, 3.63) is 59.7 Å².